The van der Waals surface area contributed by atoms with Gasteiger partial charge < -0.3 is 15.0 Å². The van der Waals surface area contributed by atoms with E-state index in [9.17, 15) is 9.59 Å². The van der Waals surface area contributed by atoms with Crippen LogP contribution in [0.4, 0.5) is 5.69 Å². The number of nitrogens with one attached hydrogen (secondary N) is 1. The fourth-order valence-corrected chi connectivity index (χ4v) is 4.70. The molecular formula is C25H30N2O3S. The van der Waals surface area contributed by atoms with Gasteiger partial charge in [-0.05, 0) is 60.8 Å². The average molecular weight is 439 g/mol. The molecular weight excluding hydrogens is 408 g/mol. The van der Waals surface area contributed by atoms with E-state index in [0.29, 0.717) is 17.9 Å². The highest BCUT2D eigenvalue weighted by molar-refractivity contribution is 7.21. The van der Waals surface area contributed by atoms with Gasteiger partial charge in [-0.1, -0.05) is 45.4 Å². The lowest BCUT2D eigenvalue weighted by Crippen LogP contribution is -2.27. The topological polar surface area (TPSA) is 58.6 Å². The number of rotatable bonds is 10. The largest absolute Gasteiger partial charge is 0.461 e. The van der Waals surface area contributed by atoms with Crippen LogP contribution in [0.3, 0.4) is 0 Å². The molecule has 1 N–H and O–H groups in total. The average Bonchev–Trinajstić information content (AvgIpc) is 3.16. The fraction of sp³-hybridized carbons (Fsp3) is 0.360. The first kappa shape index (κ1) is 23.0. The summed E-state index contributed by atoms with van der Waals surface area (Å²) in [7, 11) is 0. The molecule has 0 saturated carbocycles. The van der Waals surface area contributed by atoms with Gasteiger partial charge in [-0.2, -0.15) is 0 Å². The summed E-state index contributed by atoms with van der Waals surface area (Å²) in [5.41, 5.74) is 2.24. The minimum atomic E-state index is -0.347. The molecule has 3 rings (SSSR count). The first-order valence-electron chi connectivity index (χ1n) is 10.9. The van der Waals surface area contributed by atoms with Crippen LogP contribution < -0.4 is 5.32 Å². The number of aryl methyl sites for hydroxylation is 1. The SMILES string of the molecule is CCCc1c(C(=O)Nc2ccc(C(=O)OCCN(CC)CC)cc2)sc2ccccc12. The standard InChI is InChI=1S/C25H30N2O3S/c1-4-9-21-20-10-7-8-11-22(20)31-23(21)24(28)26-19-14-12-18(13-15-19)25(29)30-17-16-27(5-2)6-3/h7-8,10-15H,4-6,9,16-17H2,1-3H3,(H,26,28). The van der Waals surface area contributed by atoms with Crippen molar-refractivity contribution in [1.82, 2.24) is 4.90 Å². The van der Waals surface area contributed by atoms with E-state index in [1.54, 1.807) is 24.3 Å². The Labute approximate surface area is 188 Å². The molecule has 31 heavy (non-hydrogen) atoms. The molecule has 5 nitrogen and oxygen atoms in total. The minimum Gasteiger partial charge on any atom is -0.461 e. The third-order valence-corrected chi connectivity index (χ3v) is 6.53. The van der Waals surface area contributed by atoms with Crippen LogP contribution in [0.1, 0.15) is 52.8 Å². The molecule has 0 fully saturated rings. The van der Waals surface area contributed by atoms with Crippen molar-refractivity contribution >= 4 is 39.0 Å². The first-order chi connectivity index (χ1) is 15.1. The zero-order valence-electron chi connectivity index (χ0n) is 18.4. The van der Waals surface area contributed by atoms with E-state index < -0.39 is 0 Å². The lowest BCUT2D eigenvalue weighted by Gasteiger charge is -2.17. The van der Waals surface area contributed by atoms with Crippen LogP contribution in [0.25, 0.3) is 10.1 Å². The van der Waals surface area contributed by atoms with E-state index in [2.05, 4.69) is 43.1 Å². The lowest BCUT2D eigenvalue weighted by atomic mass is 10.1. The molecule has 0 radical (unpaired) electrons. The number of benzene rings is 2. The third-order valence-electron chi connectivity index (χ3n) is 5.32. The Balaban J connectivity index is 1.65. The van der Waals surface area contributed by atoms with Gasteiger partial charge in [-0.25, -0.2) is 4.79 Å². The third kappa shape index (κ3) is 5.71. The molecule has 0 aliphatic rings. The Morgan fingerprint density at radius 2 is 1.71 bits per heavy atom. The van der Waals surface area contributed by atoms with Crippen LogP contribution in [0.2, 0.25) is 0 Å². The van der Waals surface area contributed by atoms with E-state index >= 15 is 0 Å². The Hall–Kier alpha value is -2.70. The summed E-state index contributed by atoms with van der Waals surface area (Å²) in [5, 5.41) is 4.13. The zero-order chi connectivity index (χ0) is 22.2. The van der Waals surface area contributed by atoms with E-state index in [4.69, 9.17) is 4.74 Å². The fourth-order valence-electron chi connectivity index (χ4n) is 3.55. The highest BCUT2D eigenvalue weighted by atomic mass is 32.1. The predicted molar refractivity (Wildman–Crippen MR) is 128 cm³/mol. The second-order valence-corrected chi connectivity index (χ2v) is 8.40. The van der Waals surface area contributed by atoms with Crippen molar-refractivity contribution in [3.63, 3.8) is 0 Å². The first-order valence-corrected chi connectivity index (χ1v) is 11.7. The Bertz CT molecular complexity index is 1020. The summed E-state index contributed by atoms with van der Waals surface area (Å²) in [6.45, 7) is 9.25. The molecule has 1 aromatic heterocycles. The number of thiophene rings is 1. The summed E-state index contributed by atoms with van der Waals surface area (Å²) in [6, 6.07) is 15.0. The predicted octanol–water partition coefficient (Wildman–Crippen LogP) is 5.60. The number of fused-ring (bicyclic) bond motifs is 1. The van der Waals surface area contributed by atoms with Gasteiger partial charge in [0.05, 0.1) is 10.4 Å². The number of ether oxygens (including phenoxy) is 1. The molecule has 0 unspecified atom stereocenters. The van der Waals surface area contributed by atoms with Gasteiger partial charge in [0.15, 0.2) is 0 Å². The van der Waals surface area contributed by atoms with Crippen molar-refractivity contribution in [2.45, 2.75) is 33.6 Å². The van der Waals surface area contributed by atoms with Gasteiger partial charge in [0.25, 0.3) is 5.91 Å². The molecule has 3 aromatic rings. The van der Waals surface area contributed by atoms with Crippen LogP contribution in [0, 0.1) is 0 Å². The number of carbonyl (C=O) groups is 2. The molecule has 0 aliphatic carbocycles. The maximum Gasteiger partial charge on any atom is 0.338 e. The van der Waals surface area contributed by atoms with E-state index in [0.717, 1.165) is 53.0 Å². The van der Waals surface area contributed by atoms with Crippen LogP contribution in [0.15, 0.2) is 48.5 Å². The maximum atomic E-state index is 13.0. The summed E-state index contributed by atoms with van der Waals surface area (Å²) < 4.78 is 6.49. The number of anilines is 1. The van der Waals surface area contributed by atoms with E-state index in [1.165, 1.54) is 11.3 Å². The molecule has 0 atom stereocenters. The van der Waals surface area contributed by atoms with Gasteiger partial charge in [0, 0.05) is 16.9 Å². The zero-order valence-corrected chi connectivity index (χ0v) is 19.3. The number of carbonyl (C=O) groups excluding carboxylic acids is 2. The normalized spacial score (nSPS) is 11.1. The van der Waals surface area contributed by atoms with Crippen molar-refractivity contribution < 1.29 is 14.3 Å². The molecule has 0 aliphatic heterocycles. The van der Waals surface area contributed by atoms with Crippen molar-refractivity contribution in [1.29, 1.82) is 0 Å². The van der Waals surface area contributed by atoms with Crippen LogP contribution in [-0.2, 0) is 11.2 Å². The highest BCUT2D eigenvalue weighted by Crippen LogP contribution is 2.32. The maximum absolute atomic E-state index is 13.0. The Morgan fingerprint density at radius 3 is 2.39 bits per heavy atom. The smallest absolute Gasteiger partial charge is 0.338 e. The monoisotopic (exact) mass is 438 g/mol. The molecule has 6 heteroatoms. The molecule has 0 spiro atoms. The van der Waals surface area contributed by atoms with Crippen molar-refractivity contribution in [3.8, 4) is 0 Å². The Kier molecular flexibility index (Phi) is 8.20. The summed E-state index contributed by atoms with van der Waals surface area (Å²) in [4.78, 5) is 28.2. The number of amides is 1. The van der Waals surface area contributed by atoms with Gasteiger partial charge in [-0.15, -0.1) is 11.3 Å². The summed E-state index contributed by atoms with van der Waals surface area (Å²) in [6.07, 6.45) is 1.84. The lowest BCUT2D eigenvalue weighted by molar-refractivity contribution is 0.0466. The molecule has 164 valence electrons. The van der Waals surface area contributed by atoms with Crippen LogP contribution in [-0.4, -0.2) is 43.0 Å². The molecule has 0 saturated heterocycles. The van der Waals surface area contributed by atoms with Gasteiger partial charge >= 0.3 is 5.97 Å². The van der Waals surface area contributed by atoms with Crippen LogP contribution >= 0.6 is 11.3 Å². The number of likely N-dealkylation sites (N-methyl/N-ethyl adjacent to an activating group) is 1. The highest BCUT2D eigenvalue weighted by Gasteiger charge is 2.18. The van der Waals surface area contributed by atoms with Crippen molar-refractivity contribution in [2.24, 2.45) is 0 Å². The molecule has 1 amide bonds. The van der Waals surface area contributed by atoms with Crippen molar-refractivity contribution in [3.05, 3.63) is 64.5 Å². The number of nitrogens with zero attached hydrogens (tertiary/aromatic N) is 1. The summed E-state index contributed by atoms with van der Waals surface area (Å²) in [5.74, 6) is -0.459. The quantitative estimate of drug-likeness (QED) is 0.418. The summed E-state index contributed by atoms with van der Waals surface area (Å²) >= 11 is 1.52. The van der Waals surface area contributed by atoms with Crippen molar-refractivity contribution in [2.75, 3.05) is 31.6 Å². The van der Waals surface area contributed by atoms with Gasteiger partial charge in [0.1, 0.15) is 6.61 Å². The van der Waals surface area contributed by atoms with Crippen LogP contribution in [0.5, 0.6) is 0 Å². The Morgan fingerprint density at radius 1 is 1.00 bits per heavy atom. The molecule has 1 heterocycles. The van der Waals surface area contributed by atoms with Gasteiger partial charge in [0.2, 0.25) is 0 Å². The number of esters is 1. The molecule has 2 aromatic carbocycles. The second-order valence-electron chi connectivity index (χ2n) is 7.35. The van der Waals surface area contributed by atoms with E-state index in [-0.39, 0.29) is 11.9 Å². The second kappa shape index (κ2) is 11.1. The minimum absolute atomic E-state index is 0.112. The number of hydrogen-bond donors (Lipinski definition) is 1. The van der Waals surface area contributed by atoms with E-state index in [1.807, 2.05) is 12.1 Å². The molecule has 0 bridgehead atoms. The number of hydrogen-bond acceptors (Lipinski definition) is 5. The van der Waals surface area contributed by atoms with Gasteiger partial charge in [-0.3, -0.25) is 4.79 Å².